The second kappa shape index (κ2) is 9.64. The average Bonchev–Trinajstić information content (AvgIpc) is 3.97. The monoisotopic (exact) mass is 644 g/mol. The Balaban J connectivity index is 1.29. The first-order chi connectivity index (χ1) is 23.8. The van der Waals surface area contributed by atoms with Gasteiger partial charge >= 0.3 is 0 Å². The van der Waals surface area contributed by atoms with Crippen LogP contribution in [0.1, 0.15) is 42.4 Å². The SMILES string of the molecule is c1ccc(-c2ccsc2C2(c3cc4c(s3)C3(c5ccccc5-c5ccccc53)c3ccccc3-4)c3ccccc3-c3ccccc32)cc1. The van der Waals surface area contributed by atoms with Crippen molar-refractivity contribution in [3.63, 3.8) is 0 Å². The molecule has 0 aliphatic heterocycles. The van der Waals surface area contributed by atoms with E-state index in [1.54, 1.807) is 0 Å². The third kappa shape index (κ3) is 3.11. The molecule has 2 heteroatoms. The van der Waals surface area contributed by atoms with Gasteiger partial charge in [0.1, 0.15) is 0 Å². The maximum absolute atomic E-state index is 2.57. The van der Waals surface area contributed by atoms with Crippen LogP contribution in [-0.2, 0) is 10.8 Å². The molecular formula is C46H28S2. The molecule has 0 saturated carbocycles. The summed E-state index contributed by atoms with van der Waals surface area (Å²) >= 11 is 3.93. The Hall–Kier alpha value is -5.28. The van der Waals surface area contributed by atoms with Crippen molar-refractivity contribution < 1.29 is 0 Å². The standard InChI is InChI=1S/C46H28S2/c1-2-14-29(15-3-1)30-26-27-47-43(30)46(40-24-12-6-18-33(40)34-19-7-13-25-41(34)46)42-28-36-35-20-8-11-23-39(35)45(44(36)48-42)37-21-9-4-16-31(37)32-17-5-10-22-38(32)45/h1-28H. The minimum atomic E-state index is -0.449. The number of benzene rings is 6. The molecule has 0 bridgehead atoms. The summed E-state index contributed by atoms with van der Waals surface area (Å²) in [7, 11) is 0. The molecule has 2 heterocycles. The van der Waals surface area contributed by atoms with Crippen LogP contribution in [0, 0.1) is 0 Å². The molecule has 0 saturated heterocycles. The smallest absolute Gasteiger partial charge is 0.0906 e. The van der Waals surface area contributed by atoms with Gasteiger partial charge in [0.05, 0.1) is 10.8 Å². The topological polar surface area (TPSA) is 0 Å². The van der Waals surface area contributed by atoms with Crippen LogP contribution >= 0.6 is 22.7 Å². The van der Waals surface area contributed by atoms with Gasteiger partial charge in [-0.15, -0.1) is 22.7 Å². The molecule has 1 spiro atoms. The fourth-order valence-electron chi connectivity index (χ4n) is 9.29. The molecule has 48 heavy (non-hydrogen) atoms. The molecule has 2 aromatic heterocycles. The quantitative estimate of drug-likeness (QED) is 0.180. The number of rotatable bonds is 3. The van der Waals surface area contributed by atoms with Gasteiger partial charge in [-0.05, 0) is 89.8 Å². The number of hydrogen-bond donors (Lipinski definition) is 0. The molecule has 3 aliphatic rings. The molecule has 6 aromatic carbocycles. The molecule has 0 radical (unpaired) electrons. The van der Waals surface area contributed by atoms with E-state index in [1.165, 1.54) is 87.0 Å². The molecule has 224 valence electrons. The van der Waals surface area contributed by atoms with Gasteiger partial charge < -0.3 is 0 Å². The van der Waals surface area contributed by atoms with Crippen LogP contribution < -0.4 is 0 Å². The molecule has 3 aliphatic carbocycles. The molecule has 0 amide bonds. The van der Waals surface area contributed by atoms with Crippen molar-refractivity contribution in [3.8, 4) is 44.5 Å². The first kappa shape index (κ1) is 26.8. The van der Waals surface area contributed by atoms with Crippen LogP contribution in [0.4, 0.5) is 0 Å². The third-order valence-corrected chi connectivity index (χ3v) is 13.5. The highest BCUT2D eigenvalue weighted by Gasteiger charge is 2.55. The van der Waals surface area contributed by atoms with Gasteiger partial charge in [0.2, 0.25) is 0 Å². The van der Waals surface area contributed by atoms with Crippen molar-refractivity contribution in [2.24, 2.45) is 0 Å². The first-order valence-corrected chi connectivity index (χ1v) is 18.3. The Labute approximate surface area is 288 Å². The Bertz CT molecular complexity index is 2490. The zero-order valence-electron chi connectivity index (χ0n) is 26.0. The fourth-order valence-corrected chi connectivity index (χ4v) is 12.2. The van der Waals surface area contributed by atoms with Crippen LogP contribution in [-0.4, -0.2) is 0 Å². The molecular weight excluding hydrogens is 617 g/mol. The molecule has 0 N–H and O–H groups in total. The van der Waals surface area contributed by atoms with Crippen molar-refractivity contribution in [3.05, 3.63) is 212 Å². The van der Waals surface area contributed by atoms with Gasteiger partial charge in [-0.1, -0.05) is 152 Å². The Morgan fingerprint density at radius 2 is 0.750 bits per heavy atom. The van der Waals surface area contributed by atoms with E-state index in [2.05, 4.69) is 169 Å². The van der Waals surface area contributed by atoms with E-state index < -0.39 is 5.41 Å². The summed E-state index contributed by atoms with van der Waals surface area (Å²) in [6, 6.07) is 61.6. The van der Waals surface area contributed by atoms with Crippen LogP contribution in [0.15, 0.2) is 169 Å². The van der Waals surface area contributed by atoms with E-state index in [0.29, 0.717) is 0 Å². The minimum absolute atomic E-state index is 0.349. The van der Waals surface area contributed by atoms with Gasteiger partial charge in [-0.25, -0.2) is 0 Å². The molecule has 0 nitrogen and oxygen atoms in total. The summed E-state index contributed by atoms with van der Waals surface area (Å²) in [5.41, 5.74) is 16.8. The van der Waals surface area contributed by atoms with Crippen molar-refractivity contribution in [2.45, 2.75) is 10.8 Å². The number of fused-ring (bicyclic) bond motifs is 13. The van der Waals surface area contributed by atoms with Gasteiger partial charge in [-0.2, -0.15) is 0 Å². The van der Waals surface area contributed by atoms with Crippen LogP contribution in [0.3, 0.4) is 0 Å². The van der Waals surface area contributed by atoms with Crippen molar-refractivity contribution in [1.82, 2.24) is 0 Å². The lowest BCUT2D eigenvalue weighted by molar-refractivity contribution is 0.805. The number of hydrogen-bond acceptors (Lipinski definition) is 2. The lowest BCUT2D eigenvalue weighted by Gasteiger charge is -2.33. The van der Waals surface area contributed by atoms with Crippen LogP contribution in [0.2, 0.25) is 0 Å². The zero-order chi connectivity index (χ0) is 31.5. The van der Waals surface area contributed by atoms with Gasteiger partial charge in [0.15, 0.2) is 0 Å². The van der Waals surface area contributed by atoms with E-state index in [-0.39, 0.29) is 5.41 Å². The highest BCUT2D eigenvalue weighted by atomic mass is 32.1. The van der Waals surface area contributed by atoms with Crippen molar-refractivity contribution in [1.29, 1.82) is 0 Å². The van der Waals surface area contributed by atoms with E-state index in [9.17, 15) is 0 Å². The summed E-state index contributed by atoms with van der Waals surface area (Å²) in [6.07, 6.45) is 0. The summed E-state index contributed by atoms with van der Waals surface area (Å²) in [4.78, 5) is 4.22. The maximum atomic E-state index is 2.57. The van der Waals surface area contributed by atoms with Crippen molar-refractivity contribution in [2.75, 3.05) is 0 Å². The molecule has 0 atom stereocenters. The fraction of sp³-hybridized carbons (Fsp3) is 0.0435. The summed E-state index contributed by atoms with van der Waals surface area (Å²) in [5, 5.41) is 2.30. The maximum Gasteiger partial charge on any atom is 0.0906 e. The summed E-state index contributed by atoms with van der Waals surface area (Å²) in [6.45, 7) is 0. The zero-order valence-corrected chi connectivity index (χ0v) is 27.6. The van der Waals surface area contributed by atoms with E-state index in [1.807, 2.05) is 22.7 Å². The Morgan fingerprint density at radius 1 is 0.333 bits per heavy atom. The van der Waals surface area contributed by atoms with Gasteiger partial charge in [-0.3, -0.25) is 0 Å². The second-order valence-electron chi connectivity index (χ2n) is 13.1. The Kier molecular flexibility index (Phi) is 5.37. The molecule has 0 fully saturated rings. The minimum Gasteiger partial charge on any atom is -0.147 e. The largest absolute Gasteiger partial charge is 0.147 e. The van der Waals surface area contributed by atoms with Gasteiger partial charge in [0.25, 0.3) is 0 Å². The lowest BCUT2D eigenvalue weighted by atomic mass is 9.73. The van der Waals surface area contributed by atoms with Crippen LogP contribution in [0.5, 0.6) is 0 Å². The van der Waals surface area contributed by atoms with Crippen LogP contribution in [0.25, 0.3) is 44.5 Å². The highest BCUT2D eigenvalue weighted by Crippen LogP contribution is 2.67. The summed E-state index contributed by atoms with van der Waals surface area (Å²) < 4.78 is 0. The van der Waals surface area contributed by atoms with E-state index >= 15 is 0 Å². The van der Waals surface area contributed by atoms with Gasteiger partial charge in [0, 0.05) is 14.6 Å². The third-order valence-electron chi connectivity index (χ3n) is 11.1. The normalized spacial score (nSPS) is 15.0. The Morgan fingerprint density at radius 3 is 1.25 bits per heavy atom. The summed E-state index contributed by atoms with van der Waals surface area (Å²) in [5.74, 6) is 0. The second-order valence-corrected chi connectivity index (χ2v) is 15.1. The number of thiophene rings is 2. The van der Waals surface area contributed by atoms with Crippen molar-refractivity contribution >= 4 is 22.7 Å². The molecule has 11 rings (SSSR count). The highest BCUT2D eigenvalue weighted by molar-refractivity contribution is 7.14. The molecule has 0 unspecified atom stereocenters. The predicted octanol–water partition coefficient (Wildman–Crippen LogP) is 12.2. The average molecular weight is 645 g/mol. The first-order valence-electron chi connectivity index (χ1n) is 16.6. The predicted molar refractivity (Wildman–Crippen MR) is 201 cm³/mol. The van der Waals surface area contributed by atoms with E-state index in [4.69, 9.17) is 0 Å². The van der Waals surface area contributed by atoms with E-state index in [0.717, 1.165) is 0 Å². The molecule has 8 aromatic rings. The lowest BCUT2D eigenvalue weighted by Crippen LogP contribution is -2.28.